The Morgan fingerprint density at radius 2 is 2.09 bits per heavy atom. The van der Waals surface area contributed by atoms with Gasteiger partial charge in [-0.05, 0) is 37.1 Å². The number of anilines is 1. The number of hydrogen-bond acceptors (Lipinski definition) is 4. The Morgan fingerprint density at radius 1 is 1.32 bits per heavy atom. The Labute approximate surface area is 131 Å². The molecule has 6 nitrogen and oxygen atoms in total. The van der Waals surface area contributed by atoms with Gasteiger partial charge < -0.3 is 10.2 Å². The monoisotopic (exact) mass is 323 g/mol. The molecule has 22 heavy (non-hydrogen) atoms. The van der Waals surface area contributed by atoms with E-state index in [0.717, 1.165) is 12.1 Å². The number of carbonyl (C=O) groups is 1. The number of amides is 1. The van der Waals surface area contributed by atoms with Gasteiger partial charge in [-0.1, -0.05) is 0 Å². The summed E-state index contributed by atoms with van der Waals surface area (Å²) < 4.78 is 24.9. The van der Waals surface area contributed by atoms with Crippen LogP contribution in [0.2, 0.25) is 0 Å². The Kier molecular flexibility index (Phi) is 3.86. The lowest BCUT2D eigenvalue weighted by molar-refractivity contribution is 0.0709. The van der Waals surface area contributed by atoms with Crippen LogP contribution >= 0.6 is 0 Å². The molecule has 0 aromatic heterocycles. The molecule has 1 aromatic rings. The molecular weight excluding hydrogens is 302 g/mol. The second-order valence-electron chi connectivity index (χ2n) is 6.03. The van der Waals surface area contributed by atoms with E-state index in [2.05, 4.69) is 12.2 Å². The molecule has 120 valence electrons. The van der Waals surface area contributed by atoms with Crippen LogP contribution < -0.4 is 9.62 Å². The summed E-state index contributed by atoms with van der Waals surface area (Å²) in [6, 6.07) is 5.63. The average Bonchev–Trinajstić information content (AvgIpc) is 2.89. The summed E-state index contributed by atoms with van der Waals surface area (Å²) in [6.07, 6.45) is 1.87. The summed E-state index contributed by atoms with van der Waals surface area (Å²) in [4.78, 5) is 14.4. The maximum atomic E-state index is 12.6. The van der Waals surface area contributed by atoms with Gasteiger partial charge in [0.25, 0.3) is 5.91 Å². The summed E-state index contributed by atoms with van der Waals surface area (Å²) >= 11 is 0. The van der Waals surface area contributed by atoms with Crippen molar-refractivity contribution < 1.29 is 13.2 Å². The number of rotatable bonds is 2. The van der Waals surface area contributed by atoms with E-state index in [1.165, 1.54) is 10.6 Å². The Balaban J connectivity index is 1.84. The number of nitrogens with one attached hydrogen (secondary N) is 1. The lowest BCUT2D eigenvalue weighted by Gasteiger charge is -2.32. The second kappa shape index (κ2) is 5.55. The molecule has 1 unspecified atom stereocenters. The smallest absolute Gasteiger partial charge is 0.253 e. The molecule has 1 saturated heterocycles. The first kappa shape index (κ1) is 15.3. The quantitative estimate of drug-likeness (QED) is 0.857. The average molecular weight is 323 g/mol. The third-order valence-corrected chi connectivity index (χ3v) is 5.42. The van der Waals surface area contributed by atoms with Gasteiger partial charge in [0.15, 0.2) is 0 Å². The summed E-state index contributed by atoms with van der Waals surface area (Å²) in [7, 11) is -3.25. The number of hydrogen-bond donors (Lipinski definition) is 1. The molecule has 0 bridgehead atoms. The van der Waals surface area contributed by atoms with Crippen molar-refractivity contribution in [1.29, 1.82) is 0 Å². The van der Waals surface area contributed by atoms with Crippen molar-refractivity contribution in [2.75, 3.05) is 36.7 Å². The predicted molar refractivity (Wildman–Crippen MR) is 85.7 cm³/mol. The summed E-state index contributed by atoms with van der Waals surface area (Å²) in [5.74, 6) is 0.0222. The van der Waals surface area contributed by atoms with E-state index in [0.29, 0.717) is 43.3 Å². The van der Waals surface area contributed by atoms with E-state index in [-0.39, 0.29) is 5.91 Å². The van der Waals surface area contributed by atoms with Crippen LogP contribution in [0.1, 0.15) is 22.8 Å². The van der Waals surface area contributed by atoms with Crippen LogP contribution in [0.3, 0.4) is 0 Å². The first-order chi connectivity index (χ1) is 10.4. The lowest BCUT2D eigenvalue weighted by atomic mass is 10.1. The summed E-state index contributed by atoms with van der Waals surface area (Å²) in [6.45, 7) is 4.73. The zero-order chi connectivity index (χ0) is 15.9. The standard InChI is InChI=1S/C15H21N3O3S/c1-11-10-17(8-6-16-11)15(19)13-3-4-14-12(9-13)5-7-18(14)22(2,20)21/h3-4,9,11,16H,5-8,10H2,1-2H3. The molecule has 1 amide bonds. The van der Waals surface area contributed by atoms with Crippen LogP contribution in [0, 0.1) is 0 Å². The summed E-state index contributed by atoms with van der Waals surface area (Å²) in [5.41, 5.74) is 2.27. The molecule has 0 saturated carbocycles. The van der Waals surface area contributed by atoms with Crippen molar-refractivity contribution >= 4 is 21.6 Å². The fourth-order valence-corrected chi connectivity index (χ4v) is 4.11. The first-order valence-electron chi connectivity index (χ1n) is 7.49. The van der Waals surface area contributed by atoms with Gasteiger partial charge in [0, 0.05) is 37.8 Å². The number of nitrogens with zero attached hydrogens (tertiary/aromatic N) is 2. The molecule has 1 atom stereocenters. The van der Waals surface area contributed by atoms with E-state index in [1.807, 2.05) is 11.0 Å². The topological polar surface area (TPSA) is 69.7 Å². The lowest BCUT2D eigenvalue weighted by Crippen LogP contribution is -2.51. The van der Waals surface area contributed by atoms with E-state index in [4.69, 9.17) is 0 Å². The number of piperazine rings is 1. The number of benzene rings is 1. The number of sulfonamides is 1. The highest BCUT2D eigenvalue weighted by atomic mass is 32.2. The van der Waals surface area contributed by atoms with Gasteiger partial charge in [0.2, 0.25) is 10.0 Å². The molecule has 3 rings (SSSR count). The maximum Gasteiger partial charge on any atom is 0.253 e. The van der Waals surface area contributed by atoms with Gasteiger partial charge >= 0.3 is 0 Å². The van der Waals surface area contributed by atoms with Crippen molar-refractivity contribution in [2.45, 2.75) is 19.4 Å². The Hall–Kier alpha value is -1.60. The fourth-order valence-electron chi connectivity index (χ4n) is 3.15. The third kappa shape index (κ3) is 2.83. The van der Waals surface area contributed by atoms with Gasteiger partial charge in [-0.3, -0.25) is 9.10 Å². The maximum absolute atomic E-state index is 12.6. The molecule has 7 heteroatoms. The molecule has 2 aliphatic rings. The minimum Gasteiger partial charge on any atom is -0.336 e. The number of carbonyl (C=O) groups excluding carboxylic acids is 1. The minimum atomic E-state index is -3.25. The van der Waals surface area contributed by atoms with Gasteiger partial charge in [0.05, 0.1) is 11.9 Å². The first-order valence-corrected chi connectivity index (χ1v) is 9.34. The van der Waals surface area contributed by atoms with Crippen LogP contribution in [-0.2, 0) is 16.4 Å². The van der Waals surface area contributed by atoms with Gasteiger partial charge in [-0.15, -0.1) is 0 Å². The van der Waals surface area contributed by atoms with Crippen molar-refractivity contribution in [3.8, 4) is 0 Å². The molecule has 0 radical (unpaired) electrons. The molecule has 1 aromatic carbocycles. The van der Waals surface area contributed by atoms with E-state index in [9.17, 15) is 13.2 Å². The minimum absolute atomic E-state index is 0.0222. The molecule has 0 aliphatic carbocycles. The van der Waals surface area contributed by atoms with Crippen LogP contribution in [0.15, 0.2) is 18.2 Å². The van der Waals surface area contributed by atoms with Crippen molar-refractivity contribution in [2.24, 2.45) is 0 Å². The highest BCUT2D eigenvalue weighted by Crippen LogP contribution is 2.31. The van der Waals surface area contributed by atoms with Crippen LogP contribution in [-0.4, -0.2) is 57.7 Å². The summed E-state index contributed by atoms with van der Waals surface area (Å²) in [5, 5.41) is 3.32. The van der Waals surface area contributed by atoms with E-state index >= 15 is 0 Å². The largest absolute Gasteiger partial charge is 0.336 e. The van der Waals surface area contributed by atoms with Crippen LogP contribution in [0.25, 0.3) is 0 Å². The van der Waals surface area contributed by atoms with Gasteiger partial charge in [0.1, 0.15) is 0 Å². The van der Waals surface area contributed by atoms with Crippen LogP contribution in [0.5, 0.6) is 0 Å². The second-order valence-corrected chi connectivity index (χ2v) is 7.94. The Morgan fingerprint density at radius 3 is 2.77 bits per heavy atom. The molecular formula is C15H21N3O3S. The van der Waals surface area contributed by atoms with Crippen molar-refractivity contribution in [1.82, 2.24) is 10.2 Å². The molecule has 2 heterocycles. The predicted octanol–water partition coefficient (Wildman–Crippen LogP) is 0.443. The SMILES string of the molecule is CC1CN(C(=O)c2ccc3c(c2)CCN3S(C)(=O)=O)CCN1. The zero-order valence-electron chi connectivity index (χ0n) is 12.9. The van der Waals surface area contributed by atoms with E-state index < -0.39 is 10.0 Å². The van der Waals surface area contributed by atoms with Gasteiger partial charge in [-0.2, -0.15) is 0 Å². The molecule has 1 fully saturated rings. The fraction of sp³-hybridized carbons (Fsp3) is 0.533. The van der Waals surface area contributed by atoms with E-state index in [1.54, 1.807) is 12.1 Å². The number of fused-ring (bicyclic) bond motifs is 1. The zero-order valence-corrected chi connectivity index (χ0v) is 13.7. The van der Waals surface area contributed by atoms with Crippen molar-refractivity contribution in [3.63, 3.8) is 0 Å². The third-order valence-electron chi connectivity index (χ3n) is 4.24. The Bertz CT molecular complexity index is 702. The van der Waals surface area contributed by atoms with Crippen LogP contribution in [0.4, 0.5) is 5.69 Å². The molecule has 2 aliphatic heterocycles. The molecule has 0 spiro atoms. The normalized spacial score (nSPS) is 21.8. The highest BCUT2D eigenvalue weighted by molar-refractivity contribution is 7.92. The highest BCUT2D eigenvalue weighted by Gasteiger charge is 2.28. The van der Waals surface area contributed by atoms with Gasteiger partial charge in [-0.25, -0.2) is 8.42 Å². The van der Waals surface area contributed by atoms with Crippen molar-refractivity contribution in [3.05, 3.63) is 29.3 Å². The molecule has 1 N–H and O–H groups in total.